The predicted molar refractivity (Wildman–Crippen MR) is 75.9 cm³/mol. The molecule has 1 unspecified atom stereocenters. The van der Waals surface area contributed by atoms with Crippen LogP contribution in [0.3, 0.4) is 0 Å². The first-order valence-corrected chi connectivity index (χ1v) is 6.47. The molecule has 0 aliphatic carbocycles. The first kappa shape index (κ1) is 11.9. The van der Waals surface area contributed by atoms with Crippen molar-refractivity contribution in [3.63, 3.8) is 0 Å². The molecule has 0 spiro atoms. The molecule has 3 rings (SSSR count). The van der Waals surface area contributed by atoms with E-state index in [9.17, 15) is 4.79 Å². The molecule has 1 aliphatic heterocycles. The Morgan fingerprint density at radius 3 is 2.53 bits per heavy atom. The van der Waals surface area contributed by atoms with E-state index in [-0.39, 0.29) is 5.91 Å². The summed E-state index contributed by atoms with van der Waals surface area (Å²) in [5, 5.41) is 0. The minimum atomic E-state index is -0.590. The summed E-state index contributed by atoms with van der Waals surface area (Å²) in [7, 11) is 0. The Bertz CT molecular complexity index is 595. The molecule has 0 saturated carbocycles. The SMILES string of the molecule is NC(C(=O)N1CCc2ccccc21)c1ccccc1. The summed E-state index contributed by atoms with van der Waals surface area (Å²) < 4.78 is 0. The molecule has 3 heteroatoms. The van der Waals surface area contributed by atoms with E-state index < -0.39 is 6.04 Å². The Morgan fingerprint density at radius 2 is 1.74 bits per heavy atom. The zero-order chi connectivity index (χ0) is 13.2. The van der Waals surface area contributed by atoms with Crippen LogP contribution in [0.1, 0.15) is 17.2 Å². The monoisotopic (exact) mass is 252 g/mol. The van der Waals surface area contributed by atoms with Gasteiger partial charge in [0, 0.05) is 12.2 Å². The van der Waals surface area contributed by atoms with Crippen LogP contribution < -0.4 is 10.6 Å². The summed E-state index contributed by atoms with van der Waals surface area (Å²) in [6.07, 6.45) is 0.906. The van der Waals surface area contributed by atoms with E-state index in [0.717, 1.165) is 24.2 Å². The van der Waals surface area contributed by atoms with E-state index >= 15 is 0 Å². The molecule has 0 aromatic heterocycles. The van der Waals surface area contributed by atoms with Crippen LogP contribution in [0.4, 0.5) is 5.69 Å². The van der Waals surface area contributed by atoms with Gasteiger partial charge in [-0.25, -0.2) is 0 Å². The van der Waals surface area contributed by atoms with Gasteiger partial charge >= 0.3 is 0 Å². The molecular weight excluding hydrogens is 236 g/mol. The summed E-state index contributed by atoms with van der Waals surface area (Å²) in [5.74, 6) is -0.0313. The molecule has 1 amide bonds. The van der Waals surface area contributed by atoms with E-state index in [0.29, 0.717) is 0 Å². The number of fused-ring (bicyclic) bond motifs is 1. The number of benzene rings is 2. The average Bonchev–Trinajstić information content (AvgIpc) is 2.90. The molecule has 0 radical (unpaired) electrons. The maximum absolute atomic E-state index is 12.5. The molecular formula is C16H16N2O. The van der Waals surface area contributed by atoms with Gasteiger partial charge < -0.3 is 10.6 Å². The van der Waals surface area contributed by atoms with Crippen molar-refractivity contribution in [2.75, 3.05) is 11.4 Å². The molecule has 1 heterocycles. The third-order valence-electron chi connectivity index (χ3n) is 3.58. The minimum Gasteiger partial charge on any atom is -0.316 e. The molecule has 0 bridgehead atoms. The maximum atomic E-state index is 12.5. The second kappa shape index (κ2) is 4.86. The molecule has 0 saturated heterocycles. The van der Waals surface area contributed by atoms with E-state index in [2.05, 4.69) is 6.07 Å². The van der Waals surface area contributed by atoms with Gasteiger partial charge in [-0.15, -0.1) is 0 Å². The summed E-state index contributed by atoms with van der Waals surface area (Å²) in [6, 6.07) is 16.9. The van der Waals surface area contributed by atoms with E-state index in [1.807, 2.05) is 48.5 Å². The van der Waals surface area contributed by atoms with Crippen LogP contribution in [0.15, 0.2) is 54.6 Å². The summed E-state index contributed by atoms with van der Waals surface area (Å²) in [5.41, 5.74) is 9.16. The van der Waals surface area contributed by atoms with Crippen LogP contribution in [0.5, 0.6) is 0 Å². The molecule has 19 heavy (non-hydrogen) atoms. The Kier molecular flexibility index (Phi) is 3.05. The van der Waals surface area contributed by atoms with Crippen molar-refractivity contribution in [3.05, 3.63) is 65.7 Å². The van der Waals surface area contributed by atoms with Gasteiger partial charge in [0.05, 0.1) is 0 Å². The first-order chi connectivity index (χ1) is 9.27. The Labute approximate surface area is 112 Å². The fourth-order valence-electron chi connectivity index (χ4n) is 2.54. The predicted octanol–water partition coefficient (Wildman–Crippen LogP) is 2.28. The number of para-hydroxylation sites is 1. The second-order valence-corrected chi connectivity index (χ2v) is 4.76. The van der Waals surface area contributed by atoms with Crippen LogP contribution in [-0.4, -0.2) is 12.5 Å². The lowest BCUT2D eigenvalue weighted by Crippen LogP contribution is -2.37. The third-order valence-corrected chi connectivity index (χ3v) is 3.58. The van der Waals surface area contributed by atoms with Gasteiger partial charge in [0.15, 0.2) is 0 Å². The van der Waals surface area contributed by atoms with Gasteiger partial charge in [-0.1, -0.05) is 48.5 Å². The summed E-state index contributed by atoms with van der Waals surface area (Å²) >= 11 is 0. The lowest BCUT2D eigenvalue weighted by Gasteiger charge is -2.21. The van der Waals surface area contributed by atoms with Crippen molar-refractivity contribution in [1.29, 1.82) is 0 Å². The summed E-state index contributed by atoms with van der Waals surface area (Å²) in [4.78, 5) is 14.3. The fourth-order valence-corrected chi connectivity index (χ4v) is 2.54. The van der Waals surface area contributed by atoms with Crippen molar-refractivity contribution < 1.29 is 4.79 Å². The van der Waals surface area contributed by atoms with Crippen LogP contribution >= 0.6 is 0 Å². The van der Waals surface area contributed by atoms with Gasteiger partial charge in [0.2, 0.25) is 5.91 Å². The highest BCUT2D eigenvalue weighted by Gasteiger charge is 2.28. The molecule has 1 atom stereocenters. The highest BCUT2D eigenvalue weighted by Crippen LogP contribution is 2.29. The lowest BCUT2D eigenvalue weighted by molar-refractivity contribution is -0.119. The molecule has 2 aromatic carbocycles. The zero-order valence-corrected chi connectivity index (χ0v) is 10.6. The standard InChI is InChI=1S/C16H16N2O/c17-15(13-7-2-1-3-8-13)16(19)18-11-10-12-6-4-5-9-14(12)18/h1-9,15H,10-11,17H2. The topological polar surface area (TPSA) is 46.3 Å². The molecule has 96 valence electrons. The van der Waals surface area contributed by atoms with E-state index in [1.54, 1.807) is 4.90 Å². The highest BCUT2D eigenvalue weighted by molar-refractivity contribution is 5.99. The van der Waals surface area contributed by atoms with Crippen LogP contribution in [-0.2, 0) is 11.2 Å². The van der Waals surface area contributed by atoms with Crippen molar-refractivity contribution in [3.8, 4) is 0 Å². The van der Waals surface area contributed by atoms with Crippen molar-refractivity contribution in [1.82, 2.24) is 0 Å². The smallest absolute Gasteiger partial charge is 0.248 e. The number of nitrogens with zero attached hydrogens (tertiary/aromatic N) is 1. The van der Waals surface area contributed by atoms with E-state index in [1.165, 1.54) is 5.56 Å². The Balaban J connectivity index is 1.86. The highest BCUT2D eigenvalue weighted by atomic mass is 16.2. The third kappa shape index (κ3) is 2.13. The number of hydrogen-bond acceptors (Lipinski definition) is 2. The first-order valence-electron chi connectivity index (χ1n) is 6.47. The fraction of sp³-hybridized carbons (Fsp3) is 0.188. The number of anilines is 1. The Hall–Kier alpha value is -2.13. The van der Waals surface area contributed by atoms with Gasteiger partial charge in [-0.2, -0.15) is 0 Å². The molecule has 0 fully saturated rings. The van der Waals surface area contributed by atoms with Crippen molar-refractivity contribution in [2.24, 2.45) is 5.73 Å². The number of carbonyl (C=O) groups excluding carboxylic acids is 1. The van der Waals surface area contributed by atoms with Crippen LogP contribution in [0.25, 0.3) is 0 Å². The summed E-state index contributed by atoms with van der Waals surface area (Å²) in [6.45, 7) is 0.721. The molecule has 2 N–H and O–H groups in total. The van der Waals surface area contributed by atoms with Gasteiger partial charge in [0.25, 0.3) is 0 Å². The number of nitrogens with two attached hydrogens (primary N) is 1. The van der Waals surface area contributed by atoms with Gasteiger partial charge in [0.1, 0.15) is 6.04 Å². The number of rotatable bonds is 2. The Morgan fingerprint density at radius 1 is 1.05 bits per heavy atom. The molecule has 2 aromatic rings. The van der Waals surface area contributed by atoms with Crippen molar-refractivity contribution >= 4 is 11.6 Å². The van der Waals surface area contributed by atoms with Crippen LogP contribution in [0.2, 0.25) is 0 Å². The van der Waals surface area contributed by atoms with Gasteiger partial charge in [-0.3, -0.25) is 4.79 Å². The average molecular weight is 252 g/mol. The number of amides is 1. The van der Waals surface area contributed by atoms with Crippen LogP contribution in [0, 0.1) is 0 Å². The van der Waals surface area contributed by atoms with E-state index in [4.69, 9.17) is 5.73 Å². The lowest BCUT2D eigenvalue weighted by atomic mass is 10.1. The largest absolute Gasteiger partial charge is 0.316 e. The minimum absolute atomic E-state index is 0.0313. The second-order valence-electron chi connectivity index (χ2n) is 4.76. The normalized spacial score (nSPS) is 15.1. The molecule has 1 aliphatic rings. The number of carbonyl (C=O) groups is 1. The quantitative estimate of drug-likeness (QED) is 0.891. The maximum Gasteiger partial charge on any atom is 0.248 e. The van der Waals surface area contributed by atoms with Gasteiger partial charge in [-0.05, 0) is 23.6 Å². The number of hydrogen-bond donors (Lipinski definition) is 1. The molecule has 3 nitrogen and oxygen atoms in total. The van der Waals surface area contributed by atoms with Crippen molar-refractivity contribution in [2.45, 2.75) is 12.5 Å². The zero-order valence-electron chi connectivity index (χ0n) is 10.6.